The van der Waals surface area contributed by atoms with Crippen molar-refractivity contribution in [2.45, 2.75) is 25.7 Å². The van der Waals surface area contributed by atoms with Crippen molar-refractivity contribution in [3.63, 3.8) is 0 Å². The maximum atomic E-state index is 12.5. The molecule has 0 spiro atoms. The van der Waals surface area contributed by atoms with Gasteiger partial charge in [-0.15, -0.1) is 0 Å². The molecule has 1 fully saturated rings. The van der Waals surface area contributed by atoms with Crippen LogP contribution in [-0.2, 0) is 0 Å². The number of amides is 1. The number of hydrogen-bond donors (Lipinski definition) is 1. The highest BCUT2D eigenvalue weighted by atomic mass is 16.5. The third-order valence-corrected chi connectivity index (χ3v) is 4.13. The Morgan fingerprint density at radius 3 is 2.50 bits per heavy atom. The molecule has 1 aromatic heterocycles. The largest absolute Gasteiger partial charge is 0.495 e. The van der Waals surface area contributed by atoms with E-state index >= 15 is 0 Å². The van der Waals surface area contributed by atoms with E-state index in [-0.39, 0.29) is 5.91 Å². The van der Waals surface area contributed by atoms with Crippen molar-refractivity contribution in [3.8, 4) is 5.75 Å². The maximum absolute atomic E-state index is 12.5. The Balaban J connectivity index is 1.69. The minimum Gasteiger partial charge on any atom is -0.495 e. The van der Waals surface area contributed by atoms with Crippen LogP contribution < -0.4 is 10.1 Å². The normalized spacial score (nSPS) is 14.8. The zero-order valence-electron chi connectivity index (χ0n) is 13.9. The number of hydrogen-bond acceptors (Lipinski definition) is 5. The van der Waals surface area contributed by atoms with Crippen LogP contribution in [-0.4, -0.2) is 41.0 Å². The molecule has 1 amide bonds. The molecule has 6 heteroatoms. The Morgan fingerprint density at radius 1 is 1.08 bits per heavy atom. The second-order valence-corrected chi connectivity index (χ2v) is 5.82. The van der Waals surface area contributed by atoms with Gasteiger partial charge in [0.25, 0.3) is 5.91 Å². The second kappa shape index (κ2) is 7.77. The highest BCUT2D eigenvalue weighted by Gasteiger charge is 2.18. The summed E-state index contributed by atoms with van der Waals surface area (Å²) in [5.41, 5.74) is 1.20. The topological polar surface area (TPSA) is 67.3 Å². The number of rotatable bonds is 4. The molecule has 24 heavy (non-hydrogen) atoms. The van der Waals surface area contributed by atoms with Gasteiger partial charge in [0.15, 0.2) is 0 Å². The molecule has 0 aliphatic carbocycles. The molecule has 3 rings (SSSR count). The van der Waals surface area contributed by atoms with Crippen molar-refractivity contribution in [1.82, 2.24) is 14.9 Å². The number of likely N-dealkylation sites (tertiary alicyclic amines) is 1. The van der Waals surface area contributed by atoms with Gasteiger partial charge in [0, 0.05) is 13.1 Å². The van der Waals surface area contributed by atoms with E-state index in [0.717, 1.165) is 37.4 Å². The van der Waals surface area contributed by atoms with E-state index in [1.807, 2.05) is 29.2 Å². The summed E-state index contributed by atoms with van der Waals surface area (Å²) in [4.78, 5) is 23.0. The van der Waals surface area contributed by atoms with Crippen molar-refractivity contribution in [2.24, 2.45) is 0 Å². The third-order valence-electron chi connectivity index (χ3n) is 4.13. The molecule has 0 bridgehead atoms. The molecule has 6 nitrogen and oxygen atoms in total. The summed E-state index contributed by atoms with van der Waals surface area (Å²) in [6.07, 6.45) is 7.62. The number of anilines is 2. The van der Waals surface area contributed by atoms with Crippen LogP contribution >= 0.6 is 0 Å². The second-order valence-electron chi connectivity index (χ2n) is 5.82. The highest BCUT2D eigenvalue weighted by molar-refractivity contribution is 5.92. The van der Waals surface area contributed by atoms with Gasteiger partial charge in [-0.05, 0) is 25.0 Å². The van der Waals surface area contributed by atoms with Crippen LogP contribution in [0, 0.1) is 0 Å². The first-order valence-corrected chi connectivity index (χ1v) is 8.29. The van der Waals surface area contributed by atoms with E-state index in [1.165, 1.54) is 19.0 Å². The summed E-state index contributed by atoms with van der Waals surface area (Å²) in [5, 5.41) is 3.16. The summed E-state index contributed by atoms with van der Waals surface area (Å²) in [6, 6.07) is 7.58. The van der Waals surface area contributed by atoms with E-state index in [9.17, 15) is 4.79 Å². The molecule has 1 aliphatic heterocycles. The van der Waals surface area contributed by atoms with Gasteiger partial charge in [-0.1, -0.05) is 25.0 Å². The van der Waals surface area contributed by atoms with Gasteiger partial charge in [-0.2, -0.15) is 0 Å². The third kappa shape index (κ3) is 3.82. The van der Waals surface area contributed by atoms with Crippen LogP contribution in [0.4, 0.5) is 11.5 Å². The smallest absolute Gasteiger partial charge is 0.274 e. The first-order chi connectivity index (χ1) is 11.8. The van der Waals surface area contributed by atoms with Gasteiger partial charge in [0.1, 0.15) is 17.3 Å². The van der Waals surface area contributed by atoms with Gasteiger partial charge in [-0.3, -0.25) is 4.79 Å². The average molecular weight is 326 g/mol. The van der Waals surface area contributed by atoms with E-state index in [0.29, 0.717) is 11.5 Å². The zero-order chi connectivity index (χ0) is 16.8. The van der Waals surface area contributed by atoms with Crippen molar-refractivity contribution in [1.29, 1.82) is 0 Å². The lowest BCUT2D eigenvalue weighted by molar-refractivity contribution is 0.0755. The van der Waals surface area contributed by atoms with Gasteiger partial charge in [0.2, 0.25) is 0 Å². The Bertz CT molecular complexity index is 680. The lowest BCUT2D eigenvalue weighted by atomic mass is 10.2. The first-order valence-electron chi connectivity index (χ1n) is 8.29. The number of nitrogens with zero attached hydrogens (tertiary/aromatic N) is 3. The number of nitrogens with one attached hydrogen (secondary N) is 1. The minimum absolute atomic E-state index is 0.0340. The summed E-state index contributed by atoms with van der Waals surface area (Å²) < 4.78 is 5.30. The van der Waals surface area contributed by atoms with E-state index in [2.05, 4.69) is 15.3 Å². The molecule has 0 unspecified atom stereocenters. The minimum atomic E-state index is -0.0340. The maximum Gasteiger partial charge on any atom is 0.274 e. The molecule has 1 aromatic carbocycles. The Labute approximate surface area is 141 Å². The number of carbonyl (C=O) groups is 1. The number of carbonyl (C=O) groups excluding carboxylic acids is 1. The summed E-state index contributed by atoms with van der Waals surface area (Å²) in [7, 11) is 1.62. The van der Waals surface area contributed by atoms with Gasteiger partial charge < -0.3 is 15.0 Å². The van der Waals surface area contributed by atoms with Crippen molar-refractivity contribution < 1.29 is 9.53 Å². The molecule has 1 N–H and O–H groups in total. The monoisotopic (exact) mass is 326 g/mol. The first kappa shape index (κ1) is 16.2. The number of para-hydroxylation sites is 2. The van der Waals surface area contributed by atoms with Crippen LogP contribution in [0.2, 0.25) is 0 Å². The van der Waals surface area contributed by atoms with Crippen molar-refractivity contribution in [3.05, 3.63) is 42.4 Å². The number of aromatic nitrogens is 2. The molecule has 0 radical (unpaired) electrons. The molecular formula is C18H22N4O2. The molecule has 0 atom stereocenters. The molecule has 1 aliphatic rings. The van der Waals surface area contributed by atoms with E-state index < -0.39 is 0 Å². The molecule has 0 saturated carbocycles. The predicted molar refractivity (Wildman–Crippen MR) is 92.7 cm³/mol. The SMILES string of the molecule is COc1ccccc1Nc1cnc(C(=O)N2CCCCCC2)cn1. The van der Waals surface area contributed by atoms with Crippen LogP contribution in [0.1, 0.15) is 36.2 Å². The quantitative estimate of drug-likeness (QED) is 0.934. The lowest BCUT2D eigenvalue weighted by Gasteiger charge is -2.19. The summed E-state index contributed by atoms with van der Waals surface area (Å²) >= 11 is 0. The number of ether oxygens (including phenoxy) is 1. The van der Waals surface area contributed by atoms with Crippen molar-refractivity contribution in [2.75, 3.05) is 25.5 Å². The summed E-state index contributed by atoms with van der Waals surface area (Å²) in [5.74, 6) is 1.27. The fourth-order valence-electron chi connectivity index (χ4n) is 2.82. The van der Waals surface area contributed by atoms with Crippen LogP contribution in [0.5, 0.6) is 5.75 Å². The molecule has 2 aromatic rings. The molecular weight excluding hydrogens is 304 g/mol. The highest BCUT2D eigenvalue weighted by Crippen LogP contribution is 2.25. The number of benzene rings is 1. The predicted octanol–water partition coefficient (Wildman–Crippen LogP) is 3.25. The lowest BCUT2D eigenvalue weighted by Crippen LogP contribution is -2.32. The zero-order valence-corrected chi connectivity index (χ0v) is 13.9. The molecule has 1 saturated heterocycles. The van der Waals surface area contributed by atoms with Gasteiger partial charge in [-0.25, -0.2) is 9.97 Å². The summed E-state index contributed by atoms with van der Waals surface area (Å²) in [6.45, 7) is 1.61. The molecule has 2 heterocycles. The van der Waals surface area contributed by atoms with Crippen LogP contribution in [0.3, 0.4) is 0 Å². The van der Waals surface area contributed by atoms with Crippen LogP contribution in [0.25, 0.3) is 0 Å². The van der Waals surface area contributed by atoms with Crippen molar-refractivity contribution >= 4 is 17.4 Å². The standard InChI is InChI=1S/C18H22N4O2/c1-24-16-9-5-4-8-14(16)21-17-13-19-15(12-20-17)18(23)22-10-6-2-3-7-11-22/h4-5,8-9,12-13H,2-3,6-7,10-11H2,1H3,(H,20,21). The Kier molecular flexibility index (Phi) is 5.25. The number of methoxy groups -OCH3 is 1. The average Bonchev–Trinajstić information content (AvgIpc) is 2.92. The van der Waals surface area contributed by atoms with E-state index in [4.69, 9.17) is 4.74 Å². The van der Waals surface area contributed by atoms with E-state index in [1.54, 1.807) is 13.3 Å². The fourth-order valence-corrected chi connectivity index (χ4v) is 2.82. The van der Waals surface area contributed by atoms with Gasteiger partial charge >= 0.3 is 0 Å². The molecule has 126 valence electrons. The fraction of sp³-hybridized carbons (Fsp3) is 0.389. The van der Waals surface area contributed by atoms with Crippen LogP contribution in [0.15, 0.2) is 36.7 Å². The Hall–Kier alpha value is -2.63. The van der Waals surface area contributed by atoms with Gasteiger partial charge in [0.05, 0.1) is 25.2 Å². The Morgan fingerprint density at radius 2 is 1.83 bits per heavy atom.